The molecular weight excluding hydrogens is 258 g/mol. The van der Waals surface area contributed by atoms with Gasteiger partial charge in [-0.25, -0.2) is 0 Å². The van der Waals surface area contributed by atoms with Gasteiger partial charge in [-0.05, 0) is 36.0 Å². The summed E-state index contributed by atoms with van der Waals surface area (Å²) in [4.78, 5) is 0. The van der Waals surface area contributed by atoms with Crippen molar-refractivity contribution >= 4 is 0 Å². The van der Waals surface area contributed by atoms with Crippen LogP contribution < -0.4 is 10.5 Å². The Morgan fingerprint density at radius 3 is 2.19 bits per heavy atom. The summed E-state index contributed by atoms with van der Waals surface area (Å²) in [6.45, 7) is 6.72. The zero-order valence-corrected chi connectivity index (χ0v) is 13.7. The molecule has 0 aromatic heterocycles. The summed E-state index contributed by atoms with van der Waals surface area (Å²) in [7, 11) is 0. The van der Waals surface area contributed by atoms with Crippen LogP contribution in [0.2, 0.25) is 0 Å². The minimum atomic E-state index is 0.196. The molecule has 116 valence electrons. The third-order valence-corrected chi connectivity index (χ3v) is 5.63. The number of benzene rings is 1. The zero-order valence-electron chi connectivity index (χ0n) is 13.7. The van der Waals surface area contributed by atoms with E-state index >= 15 is 0 Å². The Hall–Kier alpha value is -1.02. The van der Waals surface area contributed by atoms with E-state index in [9.17, 15) is 0 Å². The van der Waals surface area contributed by atoms with Gasteiger partial charge in [0.15, 0.2) is 0 Å². The summed E-state index contributed by atoms with van der Waals surface area (Å²) in [5.74, 6) is 1.00. The molecule has 2 fully saturated rings. The van der Waals surface area contributed by atoms with Crippen LogP contribution in [0.25, 0.3) is 0 Å². The van der Waals surface area contributed by atoms with Gasteiger partial charge in [-0.2, -0.15) is 0 Å². The molecule has 2 heteroatoms. The fraction of sp³-hybridized carbons (Fsp3) is 0.684. The fourth-order valence-electron chi connectivity index (χ4n) is 4.04. The maximum Gasteiger partial charge on any atom is 0.119 e. The van der Waals surface area contributed by atoms with Gasteiger partial charge in [0, 0.05) is 17.9 Å². The quantitative estimate of drug-likeness (QED) is 0.874. The molecule has 2 aliphatic carbocycles. The number of hydrogen-bond acceptors (Lipinski definition) is 2. The number of rotatable bonds is 2. The van der Waals surface area contributed by atoms with Crippen molar-refractivity contribution in [2.75, 3.05) is 0 Å². The first kappa shape index (κ1) is 14.9. The smallest absolute Gasteiger partial charge is 0.119 e. The summed E-state index contributed by atoms with van der Waals surface area (Å²) < 4.78 is 6.30. The van der Waals surface area contributed by atoms with E-state index < -0.39 is 0 Å². The van der Waals surface area contributed by atoms with E-state index in [4.69, 9.17) is 10.5 Å². The Labute approximate surface area is 129 Å². The molecule has 2 atom stereocenters. The van der Waals surface area contributed by atoms with Gasteiger partial charge in [-0.1, -0.05) is 52.2 Å². The average Bonchev–Trinajstić information content (AvgIpc) is 2.47. The van der Waals surface area contributed by atoms with Crippen molar-refractivity contribution in [3.05, 3.63) is 29.8 Å². The molecule has 21 heavy (non-hydrogen) atoms. The molecule has 2 saturated carbocycles. The Bertz CT molecular complexity index is 479. The lowest BCUT2D eigenvalue weighted by molar-refractivity contribution is -0.0898. The Balaban J connectivity index is 1.69. The van der Waals surface area contributed by atoms with E-state index in [1.54, 1.807) is 0 Å². The maximum absolute atomic E-state index is 6.33. The molecule has 0 bridgehead atoms. The molecule has 0 heterocycles. The molecule has 0 amide bonds. The van der Waals surface area contributed by atoms with Crippen LogP contribution >= 0.6 is 0 Å². The average molecular weight is 287 g/mol. The first-order valence-corrected chi connectivity index (χ1v) is 8.45. The molecule has 2 nitrogen and oxygen atoms in total. The van der Waals surface area contributed by atoms with Crippen LogP contribution in [0.3, 0.4) is 0 Å². The molecule has 2 unspecified atom stereocenters. The molecule has 2 N–H and O–H groups in total. The normalized spacial score (nSPS) is 28.2. The van der Waals surface area contributed by atoms with Gasteiger partial charge in [-0.3, -0.25) is 0 Å². The van der Waals surface area contributed by atoms with Crippen LogP contribution in [-0.4, -0.2) is 12.1 Å². The fourth-order valence-corrected chi connectivity index (χ4v) is 4.04. The lowest BCUT2D eigenvalue weighted by Crippen LogP contribution is -2.64. The molecule has 0 radical (unpaired) electrons. The van der Waals surface area contributed by atoms with Crippen LogP contribution in [0, 0.1) is 5.41 Å². The predicted molar refractivity (Wildman–Crippen MR) is 87.7 cm³/mol. The zero-order chi connectivity index (χ0) is 15.1. The standard InChI is InChI=1S/C19H29NO/c1-18(2,3)14-7-9-15(10-8-14)21-17-13-16(20)19(17)11-5-4-6-12-19/h7-10,16-17H,4-6,11-13,20H2,1-3H3. The van der Waals surface area contributed by atoms with Gasteiger partial charge in [0.1, 0.15) is 11.9 Å². The first-order valence-electron chi connectivity index (χ1n) is 8.45. The van der Waals surface area contributed by atoms with E-state index in [0.29, 0.717) is 12.1 Å². The lowest BCUT2D eigenvalue weighted by atomic mass is 9.55. The molecular formula is C19H29NO. The van der Waals surface area contributed by atoms with Crippen molar-refractivity contribution in [1.82, 2.24) is 0 Å². The number of ether oxygens (including phenoxy) is 1. The number of hydrogen-bond donors (Lipinski definition) is 1. The lowest BCUT2D eigenvalue weighted by Gasteiger charge is -2.56. The van der Waals surface area contributed by atoms with E-state index in [2.05, 4.69) is 45.0 Å². The summed E-state index contributed by atoms with van der Waals surface area (Å²) in [5.41, 5.74) is 8.15. The molecule has 2 aliphatic rings. The van der Waals surface area contributed by atoms with E-state index in [1.807, 2.05) is 0 Å². The van der Waals surface area contributed by atoms with Gasteiger partial charge < -0.3 is 10.5 Å². The van der Waals surface area contributed by atoms with Crippen molar-refractivity contribution in [1.29, 1.82) is 0 Å². The van der Waals surface area contributed by atoms with Gasteiger partial charge in [0.25, 0.3) is 0 Å². The third kappa shape index (κ3) is 2.70. The second-order valence-electron chi connectivity index (χ2n) is 8.02. The third-order valence-electron chi connectivity index (χ3n) is 5.63. The van der Waals surface area contributed by atoms with Crippen molar-refractivity contribution in [2.45, 2.75) is 76.9 Å². The van der Waals surface area contributed by atoms with Crippen LogP contribution in [-0.2, 0) is 5.41 Å². The molecule has 0 saturated heterocycles. The number of nitrogens with two attached hydrogens (primary N) is 1. The highest BCUT2D eigenvalue weighted by Gasteiger charge is 2.54. The predicted octanol–water partition coefficient (Wildman–Crippen LogP) is 4.41. The molecule has 1 aromatic rings. The highest BCUT2D eigenvalue weighted by atomic mass is 16.5. The molecule has 1 aromatic carbocycles. The van der Waals surface area contributed by atoms with Gasteiger partial charge >= 0.3 is 0 Å². The maximum atomic E-state index is 6.33. The summed E-state index contributed by atoms with van der Waals surface area (Å²) in [5, 5.41) is 0. The summed E-state index contributed by atoms with van der Waals surface area (Å²) in [6, 6.07) is 8.99. The van der Waals surface area contributed by atoms with E-state index in [1.165, 1.54) is 37.7 Å². The van der Waals surface area contributed by atoms with Crippen molar-refractivity contribution in [3.8, 4) is 5.75 Å². The Morgan fingerprint density at radius 2 is 1.67 bits per heavy atom. The highest BCUT2D eigenvalue weighted by molar-refractivity contribution is 5.31. The van der Waals surface area contributed by atoms with Gasteiger partial charge in [-0.15, -0.1) is 0 Å². The van der Waals surface area contributed by atoms with Crippen molar-refractivity contribution in [3.63, 3.8) is 0 Å². The van der Waals surface area contributed by atoms with Crippen LogP contribution in [0.5, 0.6) is 5.75 Å². The van der Waals surface area contributed by atoms with Crippen LogP contribution in [0.4, 0.5) is 0 Å². The highest BCUT2D eigenvalue weighted by Crippen LogP contribution is 2.52. The first-order chi connectivity index (χ1) is 9.92. The minimum absolute atomic E-state index is 0.196. The SMILES string of the molecule is CC(C)(C)c1ccc(OC2CC(N)C23CCCCC3)cc1. The van der Waals surface area contributed by atoms with Crippen LogP contribution in [0.1, 0.15) is 64.9 Å². The summed E-state index contributed by atoms with van der Waals surface area (Å²) >= 11 is 0. The van der Waals surface area contributed by atoms with E-state index in [0.717, 1.165) is 12.2 Å². The van der Waals surface area contributed by atoms with Crippen molar-refractivity contribution < 1.29 is 4.74 Å². The summed E-state index contributed by atoms with van der Waals surface area (Å²) in [6.07, 6.45) is 7.83. The van der Waals surface area contributed by atoms with Crippen molar-refractivity contribution in [2.24, 2.45) is 11.1 Å². The van der Waals surface area contributed by atoms with Gasteiger partial charge in [0.2, 0.25) is 0 Å². The largest absolute Gasteiger partial charge is 0.490 e. The Kier molecular flexibility index (Phi) is 3.77. The van der Waals surface area contributed by atoms with Crippen LogP contribution in [0.15, 0.2) is 24.3 Å². The molecule has 3 rings (SSSR count). The topological polar surface area (TPSA) is 35.2 Å². The second kappa shape index (κ2) is 5.31. The second-order valence-corrected chi connectivity index (χ2v) is 8.02. The molecule has 1 spiro atoms. The van der Waals surface area contributed by atoms with Gasteiger partial charge in [0.05, 0.1) is 0 Å². The monoisotopic (exact) mass is 287 g/mol. The van der Waals surface area contributed by atoms with E-state index in [-0.39, 0.29) is 10.8 Å². The Morgan fingerprint density at radius 1 is 1.05 bits per heavy atom. The minimum Gasteiger partial charge on any atom is -0.490 e. The molecule has 0 aliphatic heterocycles.